The maximum Gasteiger partial charge on any atom is 0.257 e. The molecule has 24 heavy (non-hydrogen) atoms. The molecule has 126 valence electrons. The topological polar surface area (TPSA) is 65.2 Å². The van der Waals surface area contributed by atoms with Crippen LogP contribution in [0.1, 0.15) is 35.2 Å². The van der Waals surface area contributed by atoms with Crippen molar-refractivity contribution in [1.82, 2.24) is 4.98 Å². The second-order valence-electron chi connectivity index (χ2n) is 6.06. The third kappa shape index (κ3) is 3.62. The predicted molar refractivity (Wildman–Crippen MR) is 97.3 cm³/mol. The van der Waals surface area contributed by atoms with Crippen LogP contribution in [0.3, 0.4) is 0 Å². The Labute approximate surface area is 145 Å². The molecule has 0 saturated carbocycles. The highest BCUT2D eigenvalue weighted by Gasteiger charge is 2.17. The molecule has 1 aliphatic rings. The summed E-state index contributed by atoms with van der Waals surface area (Å²) >= 11 is 6.12. The van der Waals surface area contributed by atoms with Crippen LogP contribution in [0.4, 0.5) is 11.4 Å². The molecule has 1 aromatic carbocycles. The van der Waals surface area contributed by atoms with Gasteiger partial charge in [-0.2, -0.15) is 0 Å². The van der Waals surface area contributed by atoms with Crippen molar-refractivity contribution in [3.05, 3.63) is 57.0 Å². The molecular formula is C18H20ClN3O2. The van der Waals surface area contributed by atoms with Crippen molar-refractivity contribution in [3.8, 4) is 0 Å². The molecule has 0 aliphatic carbocycles. The minimum absolute atomic E-state index is 0.221. The molecule has 1 saturated heterocycles. The number of carbonyl (C=O) groups is 1. The molecule has 2 heterocycles. The van der Waals surface area contributed by atoms with Gasteiger partial charge in [-0.15, -0.1) is 0 Å². The van der Waals surface area contributed by atoms with E-state index in [2.05, 4.69) is 15.2 Å². The number of piperidine rings is 1. The SMILES string of the molecule is Cc1cc(=O)[nH]cc1C(=O)Nc1cc(Cl)ccc1N1CCCCC1. The lowest BCUT2D eigenvalue weighted by atomic mass is 10.1. The number of aromatic nitrogens is 1. The van der Waals surface area contributed by atoms with Gasteiger partial charge in [0.1, 0.15) is 0 Å². The van der Waals surface area contributed by atoms with E-state index in [0.29, 0.717) is 21.8 Å². The summed E-state index contributed by atoms with van der Waals surface area (Å²) in [5.74, 6) is -0.260. The average Bonchev–Trinajstić information content (AvgIpc) is 2.55. The zero-order valence-electron chi connectivity index (χ0n) is 13.6. The molecule has 3 rings (SSSR count). The summed E-state index contributed by atoms with van der Waals surface area (Å²) in [5.41, 5.74) is 2.53. The molecule has 0 bridgehead atoms. The molecule has 0 radical (unpaired) electrons. The van der Waals surface area contributed by atoms with Crippen molar-refractivity contribution in [2.75, 3.05) is 23.3 Å². The van der Waals surface area contributed by atoms with Gasteiger partial charge in [-0.05, 0) is 49.9 Å². The third-order valence-electron chi connectivity index (χ3n) is 4.28. The number of halogens is 1. The molecule has 2 N–H and O–H groups in total. The van der Waals surface area contributed by atoms with Gasteiger partial charge in [-0.25, -0.2) is 0 Å². The summed E-state index contributed by atoms with van der Waals surface area (Å²) < 4.78 is 0. The Morgan fingerprint density at radius 1 is 1.21 bits per heavy atom. The number of aromatic amines is 1. The standard InChI is InChI=1S/C18H20ClN3O2/c1-12-9-17(23)20-11-14(12)18(24)21-15-10-13(19)5-6-16(15)22-7-3-2-4-8-22/h5-6,9-11H,2-4,7-8H2,1H3,(H,20,23)(H,21,24). The van der Waals surface area contributed by atoms with E-state index < -0.39 is 0 Å². The highest BCUT2D eigenvalue weighted by Crippen LogP contribution is 2.31. The first-order valence-electron chi connectivity index (χ1n) is 8.10. The molecule has 0 spiro atoms. The number of carbonyl (C=O) groups excluding carboxylic acids is 1. The van der Waals surface area contributed by atoms with Crippen LogP contribution < -0.4 is 15.8 Å². The zero-order valence-corrected chi connectivity index (χ0v) is 14.3. The van der Waals surface area contributed by atoms with Crippen molar-refractivity contribution in [2.45, 2.75) is 26.2 Å². The molecule has 6 heteroatoms. The lowest BCUT2D eigenvalue weighted by Crippen LogP contribution is -2.30. The first-order valence-corrected chi connectivity index (χ1v) is 8.47. The fourth-order valence-corrected chi connectivity index (χ4v) is 3.20. The predicted octanol–water partition coefficient (Wildman–Crippen LogP) is 3.58. The van der Waals surface area contributed by atoms with Gasteiger partial charge in [0.2, 0.25) is 5.56 Å². The van der Waals surface area contributed by atoms with Crippen molar-refractivity contribution >= 4 is 28.9 Å². The number of H-pyrrole nitrogens is 1. The molecule has 1 aromatic heterocycles. The van der Waals surface area contributed by atoms with E-state index in [1.54, 1.807) is 13.0 Å². The van der Waals surface area contributed by atoms with Crippen molar-refractivity contribution in [3.63, 3.8) is 0 Å². The van der Waals surface area contributed by atoms with Crippen LogP contribution >= 0.6 is 11.6 Å². The maximum absolute atomic E-state index is 12.6. The largest absolute Gasteiger partial charge is 0.370 e. The minimum Gasteiger partial charge on any atom is -0.370 e. The van der Waals surface area contributed by atoms with E-state index in [-0.39, 0.29) is 11.5 Å². The summed E-state index contributed by atoms with van der Waals surface area (Å²) in [4.78, 5) is 28.7. The van der Waals surface area contributed by atoms with Crippen molar-refractivity contribution in [1.29, 1.82) is 0 Å². The first-order chi connectivity index (χ1) is 11.5. The Morgan fingerprint density at radius 3 is 2.67 bits per heavy atom. The number of hydrogen-bond donors (Lipinski definition) is 2. The summed E-state index contributed by atoms with van der Waals surface area (Å²) in [5, 5.41) is 3.51. The van der Waals surface area contributed by atoms with Crippen LogP contribution in [0, 0.1) is 6.92 Å². The number of amides is 1. The van der Waals surface area contributed by atoms with E-state index in [1.165, 1.54) is 18.7 Å². The zero-order chi connectivity index (χ0) is 17.1. The normalized spacial score (nSPS) is 14.5. The molecule has 0 unspecified atom stereocenters. The second kappa shape index (κ2) is 7.09. The minimum atomic E-state index is -0.260. The van der Waals surface area contributed by atoms with Crippen LogP contribution in [-0.2, 0) is 0 Å². The van der Waals surface area contributed by atoms with Gasteiger partial charge >= 0.3 is 0 Å². The fraction of sp³-hybridized carbons (Fsp3) is 0.333. The van der Waals surface area contributed by atoms with Gasteiger partial charge in [0.15, 0.2) is 0 Å². The van der Waals surface area contributed by atoms with E-state index in [0.717, 1.165) is 31.6 Å². The number of nitrogens with zero attached hydrogens (tertiary/aromatic N) is 1. The summed E-state index contributed by atoms with van der Waals surface area (Å²) in [7, 11) is 0. The van der Waals surface area contributed by atoms with Crippen LogP contribution in [-0.4, -0.2) is 24.0 Å². The monoisotopic (exact) mass is 345 g/mol. The molecule has 2 aromatic rings. The van der Waals surface area contributed by atoms with Crippen molar-refractivity contribution < 1.29 is 4.79 Å². The first kappa shape index (κ1) is 16.6. The number of benzene rings is 1. The van der Waals surface area contributed by atoms with Crippen molar-refractivity contribution in [2.24, 2.45) is 0 Å². The van der Waals surface area contributed by atoms with Crippen LogP contribution in [0.25, 0.3) is 0 Å². The second-order valence-corrected chi connectivity index (χ2v) is 6.49. The van der Waals surface area contributed by atoms with E-state index in [9.17, 15) is 9.59 Å². The Bertz CT molecular complexity index is 810. The summed E-state index contributed by atoms with van der Waals surface area (Å²) in [6.07, 6.45) is 4.98. The molecule has 1 amide bonds. The number of aryl methyl sites for hydroxylation is 1. The van der Waals surface area contributed by atoms with E-state index >= 15 is 0 Å². The number of rotatable bonds is 3. The van der Waals surface area contributed by atoms with Crippen LogP contribution in [0.15, 0.2) is 35.3 Å². The smallest absolute Gasteiger partial charge is 0.257 e. The molecular weight excluding hydrogens is 326 g/mol. The van der Waals surface area contributed by atoms with E-state index in [1.807, 2.05) is 12.1 Å². The Hall–Kier alpha value is -2.27. The molecule has 0 atom stereocenters. The van der Waals surface area contributed by atoms with Crippen LogP contribution in [0.2, 0.25) is 5.02 Å². The highest BCUT2D eigenvalue weighted by atomic mass is 35.5. The van der Waals surface area contributed by atoms with Gasteiger partial charge in [0.25, 0.3) is 5.91 Å². The Kier molecular flexibility index (Phi) is 4.90. The van der Waals surface area contributed by atoms with Gasteiger partial charge < -0.3 is 15.2 Å². The highest BCUT2D eigenvalue weighted by molar-refractivity contribution is 6.31. The van der Waals surface area contributed by atoms with Crippen LogP contribution in [0.5, 0.6) is 0 Å². The third-order valence-corrected chi connectivity index (χ3v) is 4.51. The number of pyridine rings is 1. The summed E-state index contributed by atoms with van der Waals surface area (Å²) in [6, 6.07) is 6.97. The van der Waals surface area contributed by atoms with Gasteiger partial charge in [0.05, 0.1) is 16.9 Å². The lowest BCUT2D eigenvalue weighted by Gasteiger charge is -2.30. The number of hydrogen-bond acceptors (Lipinski definition) is 3. The van der Waals surface area contributed by atoms with E-state index in [4.69, 9.17) is 11.6 Å². The number of anilines is 2. The average molecular weight is 346 g/mol. The molecule has 1 aliphatic heterocycles. The Balaban J connectivity index is 1.89. The molecule has 1 fully saturated rings. The molecule has 5 nitrogen and oxygen atoms in total. The van der Waals surface area contributed by atoms with Gasteiger partial charge in [0, 0.05) is 30.4 Å². The fourth-order valence-electron chi connectivity index (χ4n) is 3.03. The van der Waals surface area contributed by atoms with Gasteiger partial charge in [-0.1, -0.05) is 11.6 Å². The van der Waals surface area contributed by atoms with Gasteiger partial charge in [-0.3, -0.25) is 9.59 Å². The quantitative estimate of drug-likeness (QED) is 0.893. The Morgan fingerprint density at radius 2 is 1.96 bits per heavy atom. The lowest BCUT2D eigenvalue weighted by molar-refractivity contribution is 0.102. The maximum atomic E-state index is 12.6. The summed E-state index contributed by atoms with van der Waals surface area (Å²) in [6.45, 7) is 3.69. The number of nitrogens with one attached hydrogen (secondary N) is 2.